The number of hydrogen-bond acceptors (Lipinski definition) is 4. The van der Waals surface area contributed by atoms with Gasteiger partial charge in [0.2, 0.25) is 0 Å². The number of halogens is 1. The first-order valence-electron chi connectivity index (χ1n) is 5.50. The number of hydrogen-bond donors (Lipinski definition) is 2. The Hall–Kier alpha value is -1.17. The van der Waals surface area contributed by atoms with Crippen LogP contribution in [-0.4, -0.2) is 20.3 Å². The minimum atomic E-state index is -0.379. The maximum atomic E-state index is 13.9. The van der Waals surface area contributed by atoms with E-state index >= 15 is 0 Å². The molecule has 1 rings (SSSR count). The molecule has 0 saturated heterocycles. The van der Waals surface area contributed by atoms with Crippen LogP contribution in [0.25, 0.3) is 0 Å². The third-order valence-corrected chi connectivity index (χ3v) is 2.80. The average Bonchev–Trinajstić information content (AvgIpc) is 2.36. The Bertz CT molecular complexity index is 356. The van der Waals surface area contributed by atoms with Crippen molar-refractivity contribution >= 4 is 0 Å². The fourth-order valence-corrected chi connectivity index (χ4v) is 1.82. The van der Waals surface area contributed by atoms with Crippen LogP contribution >= 0.6 is 0 Å². The van der Waals surface area contributed by atoms with Crippen molar-refractivity contribution in [1.82, 2.24) is 5.43 Å². The van der Waals surface area contributed by atoms with Crippen molar-refractivity contribution in [1.29, 1.82) is 0 Å². The SMILES string of the molecule is CCC(OC)C(NN)c1ccc(OC)cc1F. The molecule has 0 bridgehead atoms. The number of methoxy groups -OCH3 is 2. The number of rotatable bonds is 6. The summed E-state index contributed by atoms with van der Waals surface area (Å²) in [5.74, 6) is 5.59. The van der Waals surface area contributed by atoms with Crippen molar-refractivity contribution in [3.8, 4) is 5.75 Å². The Balaban J connectivity index is 3.03. The van der Waals surface area contributed by atoms with Crippen LogP contribution in [0.5, 0.6) is 5.75 Å². The molecular formula is C12H19FN2O2. The lowest BCUT2D eigenvalue weighted by Gasteiger charge is -2.25. The lowest BCUT2D eigenvalue weighted by Crippen LogP contribution is -2.37. The van der Waals surface area contributed by atoms with Gasteiger partial charge in [-0.2, -0.15) is 0 Å². The minimum Gasteiger partial charge on any atom is -0.497 e. The molecule has 0 heterocycles. The first kappa shape index (κ1) is 13.9. The summed E-state index contributed by atoms with van der Waals surface area (Å²) in [6.45, 7) is 1.96. The number of benzene rings is 1. The molecule has 0 fully saturated rings. The van der Waals surface area contributed by atoms with E-state index in [0.29, 0.717) is 11.3 Å². The van der Waals surface area contributed by atoms with Crippen molar-refractivity contribution in [3.63, 3.8) is 0 Å². The molecule has 2 atom stereocenters. The normalized spacial score (nSPS) is 14.4. The van der Waals surface area contributed by atoms with Crippen LogP contribution in [0.15, 0.2) is 18.2 Å². The zero-order chi connectivity index (χ0) is 12.8. The number of hydrazine groups is 1. The van der Waals surface area contributed by atoms with Gasteiger partial charge < -0.3 is 9.47 Å². The van der Waals surface area contributed by atoms with E-state index in [0.717, 1.165) is 6.42 Å². The lowest BCUT2D eigenvalue weighted by atomic mass is 9.99. The minimum absolute atomic E-state index is 0.178. The topological polar surface area (TPSA) is 56.5 Å². The first-order chi connectivity index (χ1) is 8.17. The molecule has 3 N–H and O–H groups in total. The molecule has 0 aliphatic heterocycles. The molecule has 0 aliphatic carbocycles. The Labute approximate surface area is 101 Å². The molecule has 0 aromatic heterocycles. The quantitative estimate of drug-likeness (QED) is 0.589. The van der Waals surface area contributed by atoms with Gasteiger partial charge in [-0.25, -0.2) is 4.39 Å². The predicted molar refractivity (Wildman–Crippen MR) is 64.1 cm³/mol. The highest BCUT2D eigenvalue weighted by atomic mass is 19.1. The number of nitrogens with two attached hydrogens (primary N) is 1. The second-order valence-corrected chi connectivity index (χ2v) is 3.71. The average molecular weight is 242 g/mol. The van der Waals surface area contributed by atoms with Gasteiger partial charge in [0.15, 0.2) is 0 Å². The van der Waals surface area contributed by atoms with Gasteiger partial charge >= 0.3 is 0 Å². The van der Waals surface area contributed by atoms with Crippen molar-refractivity contribution in [3.05, 3.63) is 29.6 Å². The maximum absolute atomic E-state index is 13.9. The van der Waals surface area contributed by atoms with E-state index in [-0.39, 0.29) is 18.0 Å². The second kappa shape index (κ2) is 6.54. The smallest absolute Gasteiger partial charge is 0.131 e. The van der Waals surface area contributed by atoms with Gasteiger partial charge in [-0.3, -0.25) is 11.3 Å². The van der Waals surface area contributed by atoms with E-state index in [2.05, 4.69) is 5.43 Å². The van der Waals surface area contributed by atoms with Crippen LogP contribution in [0.1, 0.15) is 24.9 Å². The third-order valence-electron chi connectivity index (χ3n) is 2.80. The van der Waals surface area contributed by atoms with Crippen molar-refractivity contribution in [2.24, 2.45) is 5.84 Å². The zero-order valence-electron chi connectivity index (χ0n) is 10.4. The van der Waals surface area contributed by atoms with Gasteiger partial charge in [0.05, 0.1) is 19.3 Å². The molecule has 96 valence electrons. The summed E-state index contributed by atoms with van der Waals surface area (Å²) in [7, 11) is 3.08. The second-order valence-electron chi connectivity index (χ2n) is 3.71. The molecule has 2 unspecified atom stereocenters. The van der Waals surface area contributed by atoms with Crippen LogP contribution in [0.4, 0.5) is 4.39 Å². The molecule has 0 radical (unpaired) electrons. The summed E-state index contributed by atoms with van der Waals surface area (Å²) in [4.78, 5) is 0. The van der Waals surface area contributed by atoms with Crippen LogP contribution in [-0.2, 0) is 4.74 Å². The van der Waals surface area contributed by atoms with E-state index in [1.165, 1.54) is 13.2 Å². The number of nitrogens with one attached hydrogen (secondary N) is 1. The highest BCUT2D eigenvalue weighted by Crippen LogP contribution is 2.25. The van der Waals surface area contributed by atoms with Crippen LogP contribution in [0, 0.1) is 5.82 Å². The van der Waals surface area contributed by atoms with Gasteiger partial charge in [-0.15, -0.1) is 0 Å². The molecule has 1 aromatic rings. The van der Waals surface area contributed by atoms with Crippen LogP contribution < -0.4 is 16.0 Å². The Kier molecular flexibility index (Phi) is 5.34. The van der Waals surface area contributed by atoms with E-state index in [4.69, 9.17) is 15.3 Å². The molecule has 17 heavy (non-hydrogen) atoms. The van der Waals surface area contributed by atoms with Gasteiger partial charge in [-0.05, 0) is 12.5 Å². The van der Waals surface area contributed by atoms with E-state index in [1.807, 2.05) is 6.92 Å². The summed E-state index contributed by atoms with van der Waals surface area (Å²) in [5, 5.41) is 0. The Morgan fingerprint density at radius 2 is 2.12 bits per heavy atom. The van der Waals surface area contributed by atoms with Gasteiger partial charge in [0, 0.05) is 18.7 Å². The molecule has 0 aliphatic rings. The highest BCUT2D eigenvalue weighted by Gasteiger charge is 2.23. The standard InChI is InChI=1S/C12H19FN2O2/c1-4-11(17-3)12(15-14)9-6-5-8(16-2)7-10(9)13/h5-7,11-12,15H,4,14H2,1-3H3. The van der Waals surface area contributed by atoms with Crippen LogP contribution in [0.3, 0.4) is 0 Å². The summed E-state index contributed by atoms with van der Waals surface area (Å²) in [6, 6.07) is 4.31. The molecule has 0 saturated carbocycles. The molecule has 0 spiro atoms. The Morgan fingerprint density at radius 1 is 1.41 bits per heavy atom. The van der Waals surface area contributed by atoms with Gasteiger partial charge in [-0.1, -0.05) is 13.0 Å². The summed E-state index contributed by atoms with van der Waals surface area (Å²) in [6.07, 6.45) is 0.555. The fraction of sp³-hybridized carbons (Fsp3) is 0.500. The monoisotopic (exact) mass is 242 g/mol. The van der Waals surface area contributed by atoms with E-state index in [1.54, 1.807) is 19.2 Å². The van der Waals surface area contributed by atoms with E-state index in [9.17, 15) is 4.39 Å². The van der Waals surface area contributed by atoms with Crippen molar-refractivity contribution < 1.29 is 13.9 Å². The summed E-state index contributed by atoms with van der Waals surface area (Å²) in [5.41, 5.74) is 3.07. The van der Waals surface area contributed by atoms with Gasteiger partial charge in [0.1, 0.15) is 11.6 Å². The maximum Gasteiger partial charge on any atom is 0.131 e. The summed E-state index contributed by atoms with van der Waals surface area (Å²) < 4.78 is 24.1. The van der Waals surface area contributed by atoms with Crippen molar-refractivity contribution in [2.45, 2.75) is 25.5 Å². The molecule has 4 nitrogen and oxygen atoms in total. The zero-order valence-corrected chi connectivity index (χ0v) is 10.4. The lowest BCUT2D eigenvalue weighted by molar-refractivity contribution is 0.0639. The molecule has 0 amide bonds. The fourth-order valence-electron chi connectivity index (χ4n) is 1.82. The number of ether oxygens (including phenoxy) is 2. The van der Waals surface area contributed by atoms with Crippen molar-refractivity contribution in [2.75, 3.05) is 14.2 Å². The van der Waals surface area contributed by atoms with Gasteiger partial charge in [0.25, 0.3) is 0 Å². The molecular weight excluding hydrogens is 223 g/mol. The Morgan fingerprint density at radius 3 is 2.53 bits per heavy atom. The largest absolute Gasteiger partial charge is 0.497 e. The first-order valence-corrected chi connectivity index (χ1v) is 5.50. The van der Waals surface area contributed by atoms with E-state index < -0.39 is 0 Å². The summed E-state index contributed by atoms with van der Waals surface area (Å²) >= 11 is 0. The molecule has 1 aromatic carbocycles. The molecule has 5 heteroatoms. The highest BCUT2D eigenvalue weighted by molar-refractivity contribution is 5.31. The predicted octanol–water partition coefficient (Wildman–Crippen LogP) is 1.76. The van der Waals surface area contributed by atoms with Crippen LogP contribution in [0.2, 0.25) is 0 Å². The third kappa shape index (κ3) is 3.15.